The van der Waals surface area contributed by atoms with Crippen LogP contribution in [0.2, 0.25) is 0 Å². The van der Waals surface area contributed by atoms with Gasteiger partial charge in [-0.15, -0.1) is 0 Å². The van der Waals surface area contributed by atoms with Gasteiger partial charge in [-0.2, -0.15) is 13.2 Å². The lowest BCUT2D eigenvalue weighted by Crippen LogP contribution is -2.66. The number of amides is 1. The number of fused-ring (bicyclic) bond motifs is 2. The lowest BCUT2D eigenvalue weighted by molar-refractivity contribution is -0.225. The molecular weight excluding hydrogens is 281 g/mol. The lowest BCUT2D eigenvalue weighted by atomic mass is 9.62. The number of carbonyl (C=O) groups excluding carboxylic acids is 1. The highest BCUT2D eigenvalue weighted by Gasteiger charge is 2.65. The van der Waals surface area contributed by atoms with Crippen LogP contribution in [-0.2, 0) is 4.79 Å². The number of carbonyl (C=O) groups is 1. The summed E-state index contributed by atoms with van der Waals surface area (Å²) in [6.07, 6.45) is 1.85. The fraction of sp³-hybridized carbons (Fsp3) is 0.933. The highest BCUT2D eigenvalue weighted by Crippen LogP contribution is 2.55. The van der Waals surface area contributed by atoms with Crippen LogP contribution in [0.25, 0.3) is 0 Å². The molecular formula is C15H23F3N2O. The second kappa shape index (κ2) is 5.14. The normalized spacial score (nSPS) is 41.2. The Morgan fingerprint density at radius 3 is 2.38 bits per heavy atom. The molecule has 2 bridgehead atoms. The molecule has 3 aliphatic rings. The van der Waals surface area contributed by atoms with E-state index >= 15 is 0 Å². The SMILES string of the molecule is NC(=O)C1CC2CCC(C3CCCCC3)(N2)C1C(F)(F)F. The van der Waals surface area contributed by atoms with Crippen molar-refractivity contribution in [1.29, 1.82) is 0 Å². The number of alkyl halides is 3. The van der Waals surface area contributed by atoms with Gasteiger partial charge in [0.2, 0.25) is 5.91 Å². The van der Waals surface area contributed by atoms with E-state index in [2.05, 4.69) is 5.32 Å². The van der Waals surface area contributed by atoms with Crippen molar-refractivity contribution < 1.29 is 18.0 Å². The van der Waals surface area contributed by atoms with Gasteiger partial charge in [-0.25, -0.2) is 0 Å². The topological polar surface area (TPSA) is 55.1 Å². The van der Waals surface area contributed by atoms with E-state index in [9.17, 15) is 18.0 Å². The summed E-state index contributed by atoms with van der Waals surface area (Å²) in [5, 5.41) is 3.29. The molecule has 3 N–H and O–H groups in total. The highest BCUT2D eigenvalue weighted by atomic mass is 19.4. The Labute approximate surface area is 122 Å². The summed E-state index contributed by atoms with van der Waals surface area (Å²) in [5.74, 6) is -3.46. The Balaban J connectivity index is 1.99. The van der Waals surface area contributed by atoms with Crippen LogP contribution in [0.1, 0.15) is 51.4 Å². The second-order valence-electron chi connectivity index (χ2n) is 7.02. The van der Waals surface area contributed by atoms with Gasteiger partial charge in [0, 0.05) is 11.6 Å². The first-order valence-corrected chi connectivity index (χ1v) is 7.98. The van der Waals surface area contributed by atoms with Gasteiger partial charge >= 0.3 is 6.18 Å². The zero-order valence-electron chi connectivity index (χ0n) is 12.1. The zero-order valence-corrected chi connectivity index (χ0v) is 12.1. The van der Waals surface area contributed by atoms with Crippen LogP contribution >= 0.6 is 0 Å². The first kappa shape index (κ1) is 15.1. The van der Waals surface area contributed by atoms with Gasteiger partial charge in [-0.05, 0) is 38.0 Å². The average molecular weight is 304 g/mol. The van der Waals surface area contributed by atoms with Crippen LogP contribution < -0.4 is 11.1 Å². The monoisotopic (exact) mass is 304 g/mol. The molecule has 120 valence electrons. The van der Waals surface area contributed by atoms with Crippen LogP contribution in [-0.4, -0.2) is 23.7 Å². The summed E-state index contributed by atoms with van der Waals surface area (Å²) < 4.78 is 41.3. The standard InChI is InChI=1S/C15H23F3N2O/c16-15(17,18)12-11(13(19)21)8-10-6-7-14(12,20-10)9-4-2-1-3-5-9/h9-12,20H,1-8H2,(H2,19,21). The summed E-state index contributed by atoms with van der Waals surface area (Å²) in [7, 11) is 0. The molecule has 0 radical (unpaired) electrons. The fourth-order valence-corrected chi connectivity index (χ4v) is 5.16. The molecule has 2 aliphatic heterocycles. The van der Waals surface area contributed by atoms with E-state index in [1.165, 1.54) is 0 Å². The number of rotatable bonds is 2. The predicted octanol–water partition coefficient (Wildman–Crippen LogP) is 2.74. The Hall–Kier alpha value is -0.780. The molecule has 4 unspecified atom stereocenters. The molecule has 4 atom stereocenters. The lowest BCUT2D eigenvalue weighted by Gasteiger charge is -2.51. The maximum atomic E-state index is 13.8. The van der Waals surface area contributed by atoms with Crippen LogP contribution in [0.3, 0.4) is 0 Å². The van der Waals surface area contributed by atoms with Crippen molar-refractivity contribution in [2.45, 2.75) is 69.1 Å². The molecule has 0 aromatic heterocycles. The molecule has 2 heterocycles. The smallest absolute Gasteiger partial charge is 0.369 e. The van der Waals surface area contributed by atoms with Crippen LogP contribution in [0, 0.1) is 17.8 Å². The summed E-state index contributed by atoms with van der Waals surface area (Å²) in [4.78, 5) is 11.6. The third-order valence-corrected chi connectivity index (χ3v) is 5.93. The Bertz CT molecular complexity index is 420. The molecule has 6 heteroatoms. The summed E-state index contributed by atoms with van der Waals surface area (Å²) >= 11 is 0. The maximum absolute atomic E-state index is 13.8. The quantitative estimate of drug-likeness (QED) is 0.824. The van der Waals surface area contributed by atoms with Crippen LogP contribution in [0.5, 0.6) is 0 Å². The van der Waals surface area contributed by atoms with Crippen LogP contribution in [0.4, 0.5) is 13.2 Å². The molecule has 3 rings (SSSR count). The van der Waals surface area contributed by atoms with E-state index < -0.39 is 29.5 Å². The van der Waals surface area contributed by atoms with E-state index in [-0.39, 0.29) is 18.4 Å². The number of piperidine rings is 1. The predicted molar refractivity (Wildman–Crippen MR) is 72.3 cm³/mol. The number of halogens is 3. The number of primary amides is 1. The number of nitrogens with two attached hydrogens (primary N) is 1. The number of hydrogen-bond donors (Lipinski definition) is 2. The van der Waals surface area contributed by atoms with Crippen molar-refractivity contribution >= 4 is 5.91 Å². The minimum atomic E-state index is -4.38. The van der Waals surface area contributed by atoms with Crippen molar-refractivity contribution in [1.82, 2.24) is 5.32 Å². The molecule has 21 heavy (non-hydrogen) atoms. The van der Waals surface area contributed by atoms with Crippen molar-refractivity contribution in [2.75, 3.05) is 0 Å². The van der Waals surface area contributed by atoms with Crippen molar-refractivity contribution in [2.24, 2.45) is 23.5 Å². The van der Waals surface area contributed by atoms with E-state index in [1.807, 2.05) is 0 Å². The minimum Gasteiger partial charge on any atom is -0.369 e. The number of nitrogens with one attached hydrogen (secondary N) is 1. The third kappa shape index (κ3) is 2.45. The highest BCUT2D eigenvalue weighted by molar-refractivity contribution is 5.77. The Kier molecular flexibility index (Phi) is 3.71. The Morgan fingerprint density at radius 2 is 1.81 bits per heavy atom. The fourth-order valence-electron chi connectivity index (χ4n) is 5.16. The second-order valence-corrected chi connectivity index (χ2v) is 7.02. The Morgan fingerprint density at radius 1 is 1.14 bits per heavy atom. The first-order valence-electron chi connectivity index (χ1n) is 7.98. The van der Waals surface area contributed by atoms with Gasteiger partial charge in [0.05, 0.1) is 11.8 Å². The molecule has 0 aromatic carbocycles. The van der Waals surface area contributed by atoms with E-state index in [4.69, 9.17) is 5.73 Å². The van der Waals surface area contributed by atoms with Gasteiger partial charge in [-0.1, -0.05) is 19.3 Å². The molecule has 0 aromatic rings. The number of hydrogen-bond acceptors (Lipinski definition) is 2. The van der Waals surface area contributed by atoms with Crippen molar-refractivity contribution in [3.05, 3.63) is 0 Å². The summed E-state index contributed by atoms with van der Waals surface area (Å²) in [5.41, 5.74) is 4.37. The van der Waals surface area contributed by atoms with Gasteiger partial charge in [0.1, 0.15) is 0 Å². The zero-order chi connectivity index (χ0) is 15.3. The van der Waals surface area contributed by atoms with E-state index in [1.54, 1.807) is 0 Å². The average Bonchev–Trinajstić information content (AvgIpc) is 2.76. The van der Waals surface area contributed by atoms with Gasteiger partial charge < -0.3 is 11.1 Å². The van der Waals surface area contributed by atoms with Gasteiger partial charge in [0.15, 0.2) is 0 Å². The van der Waals surface area contributed by atoms with Gasteiger partial charge in [0.25, 0.3) is 0 Å². The maximum Gasteiger partial charge on any atom is 0.394 e. The van der Waals surface area contributed by atoms with E-state index in [0.29, 0.717) is 6.42 Å². The molecule has 3 fully saturated rings. The molecule has 3 nitrogen and oxygen atoms in total. The van der Waals surface area contributed by atoms with Crippen molar-refractivity contribution in [3.63, 3.8) is 0 Å². The largest absolute Gasteiger partial charge is 0.394 e. The summed E-state index contributed by atoms with van der Waals surface area (Å²) in [6, 6.07) is 0.0167. The van der Waals surface area contributed by atoms with E-state index in [0.717, 1.165) is 38.5 Å². The first-order chi connectivity index (χ1) is 9.84. The third-order valence-electron chi connectivity index (χ3n) is 5.93. The molecule has 1 aliphatic carbocycles. The van der Waals surface area contributed by atoms with Gasteiger partial charge in [-0.3, -0.25) is 4.79 Å². The molecule has 2 saturated heterocycles. The van der Waals surface area contributed by atoms with Crippen molar-refractivity contribution in [3.8, 4) is 0 Å². The van der Waals surface area contributed by atoms with Crippen LogP contribution in [0.15, 0.2) is 0 Å². The minimum absolute atomic E-state index is 0.0167. The summed E-state index contributed by atoms with van der Waals surface area (Å²) in [6.45, 7) is 0. The molecule has 1 amide bonds. The molecule has 0 spiro atoms. The molecule has 1 saturated carbocycles.